The van der Waals surface area contributed by atoms with Gasteiger partial charge in [0.1, 0.15) is 3.70 Å². The van der Waals surface area contributed by atoms with Crippen LogP contribution in [-0.2, 0) is 0 Å². The summed E-state index contributed by atoms with van der Waals surface area (Å²) in [5, 5.41) is 0. The van der Waals surface area contributed by atoms with Crippen LogP contribution in [0.15, 0.2) is 6.07 Å². The van der Waals surface area contributed by atoms with Gasteiger partial charge in [-0.15, -0.1) is 13.2 Å². The third-order valence-corrected chi connectivity index (χ3v) is 2.06. The molecule has 0 spiro atoms. The molecule has 0 amide bonds. The van der Waals surface area contributed by atoms with E-state index in [-0.39, 0.29) is 11.5 Å². The summed E-state index contributed by atoms with van der Waals surface area (Å²) < 4.78 is 45.1. The number of hydrogen-bond donors (Lipinski definition) is 0. The van der Waals surface area contributed by atoms with Crippen molar-refractivity contribution in [2.24, 2.45) is 0 Å². The molecular weight excluding hydrogens is 326 g/mol. The van der Waals surface area contributed by atoms with Crippen LogP contribution in [0.25, 0.3) is 0 Å². The average molecular weight is 333 g/mol. The quantitative estimate of drug-likeness (QED) is 0.616. The standard InChI is InChI=1S/C8H7F3INO2/c1-4-7(14-2)5(3-6(12)13-4)15-8(9,10)11/h3H,1-2H3. The van der Waals surface area contributed by atoms with E-state index in [1.165, 1.54) is 13.2 Å². The van der Waals surface area contributed by atoms with E-state index in [2.05, 4.69) is 9.72 Å². The van der Waals surface area contributed by atoms with Gasteiger partial charge in [-0.2, -0.15) is 0 Å². The molecule has 0 aliphatic heterocycles. The number of alkyl halides is 3. The van der Waals surface area contributed by atoms with Gasteiger partial charge in [0.15, 0.2) is 11.5 Å². The third kappa shape index (κ3) is 3.40. The number of pyridine rings is 1. The largest absolute Gasteiger partial charge is 0.573 e. The highest BCUT2D eigenvalue weighted by molar-refractivity contribution is 14.1. The van der Waals surface area contributed by atoms with Crippen LogP contribution in [0.5, 0.6) is 11.5 Å². The lowest BCUT2D eigenvalue weighted by Gasteiger charge is -2.13. The summed E-state index contributed by atoms with van der Waals surface area (Å²) in [5.41, 5.74) is 0.351. The number of ether oxygens (including phenoxy) is 2. The van der Waals surface area contributed by atoms with Crippen LogP contribution < -0.4 is 9.47 Å². The lowest BCUT2D eigenvalue weighted by molar-refractivity contribution is -0.275. The molecular formula is C8H7F3INO2. The van der Waals surface area contributed by atoms with E-state index in [0.717, 1.165) is 0 Å². The zero-order valence-electron chi connectivity index (χ0n) is 7.85. The van der Waals surface area contributed by atoms with E-state index in [0.29, 0.717) is 9.39 Å². The van der Waals surface area contributed by atoms with Crippen molar-refractivity contribution in [3.8, 4) is 11.5 Å². The Morgan fingerprint density at radius 2 is 2.00 bits per heavy atom. The fraction of sp³-hybridized carbons (Fsp3) is 0.375. The highest BCUT2D eigenvalue weighted by atomic mass is 127. The maximum absolute atomic E-state index is 12.0. The SMILES string of the molecule is COc1c(OC(F)(F)F)cc(I)nc1C. The Morgan fingerprint density at radius 1 is 1.40 bits per heavy atom. The Labute approximate surface area is 97.7 Å². The van der Waals surface area contributed by atoms with E-state index in [1.54, 1.807) is 29.5 Å². The summed E-state index contributed by atoms with van der Waals surface area (Å²) in [4.78, 5) is 3.95. The average Bonchev–Trinajstić information content (AvgIpc) is 1.99. The Morgan fingerprint density at radius 3 is 2.47 bits per heavy atom. The van der Waals surface area contributed by atoms with E-state index in [9.17, 15) is 13.2 Å². The first-order chi connectivity index (χ1) is 6.83. The molecule has 0 aromatic carbocycles. The zero-order chi connectivity index (χ0) is 11.6. The molecule has 0 bridgehead atoms. The normalized spacial score (nSPS) is 11.3. The first-order valence-electron chi connectivity index (χ1n) is 3.80. The van der Waals surface area contributed by atoms with Crippen molar-refractivity contribution in [2.75, 3.05) is 7.11 Å². The molecule has 0 radical (unpaired) electrons. The van der Waals surface area contributed by atoms with Crippen LogP contribution in [0.3, 0.4) is 0 Å². The summed E-state index contributed by atoms with van der Waals surface area (Å²) in [7, 11) is 1.26. The van der Waals surface area contributed by atoms with Gasteiger partial charge in [0.05, 0.1) is 12.8 Å². The zero-order valence-corrected chi connectivity index (χ0v) is 10.0. The fourth-order valence-electron chi connectivity index (χ4n) is 1.04. The summed E-state index contributed by atoms with van der Waals surface area (Å²) in [6, 6.07) is 1.17. The van der Waals surface area contributed by atoms with Gasteiger partial charge in [0.25, 0.3) is 0 Å². The molecule has 0 aliphatic rings. The monoisotopic (exact) mass is 333 g/mol. The first kappa shape index (κ1) is 12.3. The second kappa shape index (κ2) is 4.42. The van der Waals surface area contributed by atoms with E-state index in [4.69, 9.17) is 4.74 Å². The van der Waals surface area contributed by atoms with Gasteiger partial charge in [0.2, 0.25) is 0 Å². The highest BCUT2D eigenvalue weighted by Crippen LogP contribution is 2.34. The molecule has 7 heteroatoms. The van der Waals surface area contributed by atoms with Crippen molar-refractivity contribution in [1.82, 2.24) is 4.98 Å². The minimum absolute atomic E-state index is 0.00672. The number of nitrogens with zero attached hydrogens (tertiary/aromatic N) is 1. The van der Waals surface area contributed by atoms with Gasteiger partial charge in [0, 0.05) is 6.07 Å². The van der Waals surface area contributed by atoms with E-state index >= 15 is 0 Å². The van der Waals surface area contributed by atoms with Gasteiger partial charge < -0.3 is 9.47 Å². The number of aromatic nitrogens is 1. The predicted molar refractivity (Wildman–Crippen MR) is 54.9 cm³/mol. The van der Waals surface area contributed by atoms with Crippen LogP contribution in [-0.4, -0.2) is 18.5 Å². The predicted octanol–water partition coefficient (Wildman–Crippen LogP) is 2.90. The smallest absolute Gasteiger partial charge is 0.491 e. The number of hydrogen-bond acceptors (Lipinski definition) is 3. The molecule has 3 nitrogen and oxygen atoms in total. The molecule has 15 heavy (non-hydrogen) atoms. The van der Waals surface area contributed by atoms with Gasteiger partial charge >= 0.3 is 6.36 Å². The van der Waals surface area contributed by atoms with Crippen molar-refractivity contribution in [3.63, 3.8) is 0 Å². The van der Waals surface area contributed by atoms with Crippen molar-refractivity contribution >= 4 is 22.6 Å². The Balaban J connectivity index is 3.15. The molecule has 0 N–H and O–H groups in total. The number of halogens is 4. The van der Waals surface area contributed by atoms with Gasteiger partial charge in [-0.1, -0.05) is 0 Å². The molecule has 0 fully saturated rings. The van der Waals surface area contributed by atoms with Crippen LogP contribution in [0.2, 0.25) is 0 Å². The Kier molecular flexibility index (Phi) is 3.63. The lowest BCUT2D eigenvalue weighted by Crippen LogP contribution is -2.18. The maximum atomic E-state index is 12.0. The van der Waals surface area contributed by atoms with Gasteiger partial charge in [-0.3, -0.25) is 0 Å². The minimum atomic E-state index is -4.73. The number of methoxy groups -OCH3 is 1. The first-order valence-corrected chi connectivity index (χ1v) is 4.88. The highest BCUT2D eigenvalue weighted by Gasteiger charge is 2.33. The third-order valence-electron chi connectivity index (χ3n) is 1.51. The lowest BCUT2D eigenvalue weighted by atomic mass is 10.3. The van der Waals surface area contributed by atoms with E-state index < -0.39 is 6.36 Å². The molecule has 1 aromatic rings. The van der Waals surface area contributed by atoms with Crippen LogP contribution >= 0.6 is 22.6 Å². The molecule has 0 unspecified atom stereocenters. The molecule has 1 rings (SSSR count). The van der Waals surface area contributed by atoms with E-state index in [1.807, 2.05) is 0 Å². The molecule has 1 heterocycles. The molecule has 0 saturated carbocycles. The van der Waals surface area contributed by atoms with Crippen LogP contribution in [0.4, 0.5) is 13.2 Å². The van der Waals surface area contributed by atoms with Gasteiger partial charge in [-0.05, 0) is 29.5 Å². The fourth-order valence-corrected chi connectivity index (χ4v) is 1.69. The van der Waals surface area contributed by atoms with Crippen LogP contribution in [0.1, 0.15) is 5.69 Å². The topological polar surface area (TPSA) is 31.4 Å². The Bertz CT molecular complexity index is 368. The Hall–Kier alpha value is -0.730. The second-order valence-corrected chi connectivity index (χ2v) is 3.71. The van der Waals surface area contributed by atoms with Crippen LogP contribution in [0, 0.1) is 10.6 Å². The number of aryl methyl sites for hydroxylation is 1. The summed E-state index contributed by atoms with van der Waals surface area (Å²) in [6.07, 6.45) is -4.73. The molecule has 84 valence electrons. The van der Waals surface area contributed by atoms with Crippen molar-refractivity contribution < 1.29 is 22.6 Å². The van der Waals surface area contributed by atoms with Crippen molar-refractivity contribution in [1.29, 1.82) is 0 Å². The summed E-state index contributed by atoms with van der Waals surface area (Å²) >= 11 is 1.80. The minimum Gasteiger partial charge on any atom is -0.491 e. The molecule has 0 saturated heterocycles. The van der Waals surface area contributed by atoms with Crippen molar-refractivity contribution in [2.45, 2.75) is 13.3 Å². The summed E-state index contributed by atoms with van der Waals surface area (Å²) in [6.45, 7) is 1.55. The molecule has 0 atom stereocenters. The van der Waals surface area contributed by atoms with Gasteiger partial charge in [-0.25, -0.2) is 4.98 Å². The molecule has 0 aliphatic carbocycles. The number of rotatable bonds is 2. The van der Waals surface area contributed by atoms with Crippen molar-refractivity contribution in [3.05, 3.63) is 15.5 Å². The second-order valence-electron chi connectivity index (χ2n) is 2.61. The maximum Gasteiger partial charge on any atom is 0.573 e. The molecule has 1 aromatic heterocycles. The summed E-state index contributed by atoms with van der Waals surface area (Å²) in [5.74, 6) is -0.380.